The molecule has 0 spiro atoms. The van der Waals surface area contributed by atoms with Crippen LogP contribution in [0.2, 0.25) is 0 Å². The number of halogens is 3. The van der Waals surface area contributed by atoms with E-state index in [2.05, 4.69) is 23.7 Å². The van der Waals surface area contributed by atoms with Crippen molar-refractivity contribution in [1.29, 1.82) is 0 Å². The molecule has 0 N–H and O–H groups in total. The third-order valence-electron chi connectivity index (χ3n) is 5.90. The second kappa shape index (κ2) is 7.10. The molecule has 2 aliphatic carbocycles. The van der Waals surface area contributed by atoms with Gasteiger partial charge in [-0.25, -0.2) is 0 Å². The standard InChI is InChI=1S/C19H25F3N2O2/c1-23(2)15-8-13-10-16(11-14(13)9-15)24(3)18(25)12-4-6-17(7-5-12)26-19(20,21)22/h4-7,13-16H,8-11H2,1-3H3/t13-,14+,15?,16?. The third-order valence-corrected chi connectivity index (χ3v) is 5.90. The van der Waals surface area contributed by atoms with Gasteiger partial charge < -0.3 is 14.5 Å². The molecular weight excluding hydrogens is 345 g/mol. The van der Waals surface area contributed by atoms with Crippen LogP contribution in [0.1, 0.15) is 36.0 Å². The van der Waals surface area contributed by atoms with E-state index in [0.717, 1.165) is 12.8 Å². The number of fused-ring (bicyclic) bond motifs is 1. The van der Waals surface area contributed by atoms with Crippen LogP contribution in [0.4, 0.5) is 13.2 Å². The number of benzene rings is 1. The highest BCUT2D eigenvalue weighted by molar-refractivity contribution is 5.94. The maximum Gasteiger partial charge on any atom is 0.573 e. The SMILES string of the molecule is CN(C)C1C[C@@H]2CC(N(C)C(=O)c3ccc(OC(F)(F)F)cc3)C[C@@H]2C1. The Balaban J connectivity index is 1.59. The Hall–Kier alpha value is -1.76. The first-order valence-electron chi connectivity index (χ1n) is 8.93. The Labute approximate surface area is 151 Å². The molecule has 2 unspecified atom stereocenters. The number of ether oxygens (including phenoxy) is 1. The molecule has 3 rings (SSSR count). The summed E-state index contributed by atoms with van der Waals surface area (Å²) in [6.45, 7) is 0. The van der Waals surface area contributed by atoms with E-state index in [1.807, 2.05) is 0 Å². The summed E-state index contributed by atoms with van der Waals surface area (Å²) in [5.74, 6) is 0.843. The summed E-state index contributed by atoms with van der Waals surface area (Å²) in [6, 6.07) is 5.97. The minimum absolute atomic E-state index is 0.155. The van der Waals surface area contributed by atoms with Crippen molar-refractivity contribution in [3.05, 3.63) is 29.8 Å². The van der Waals surface area contributed by atoms with Crippen molar-refractivity contribution in [3.63, 3.8) is 0 Å². The Morgan fingerprint density at radius 3 is 1.92 bits per heavy atom. The molecule has 1 amide bonds. The maximum atomic E-state index is 12.7. The zero-order valence-electron chi connectivity index (χ0n) is 15.3. The lowest BCUT2D eigenvalue weighted by Crippen LogP contribution is -2.36. The third kappa shape index (κ3) is 4.14. The van der Waals surface area contributed by atoms with Crippen molar-refractivity contribution in [2.75, 3.05) is 21.1 Å². The molecule has 7 heteroatoms. The quantitative estimate of drug-likeness (QED) is 0.809. The van der Waals surface area contributed by atoms with E-state index in [0.29, 0.717) is 23.4 Å². The molecule has 0 aliphatic heterocycles. The lowest BCUT2D eigenvalue weighted by Gasteiger charge is -2.27. The van der Waals surface area contributed by atoms with Crippen LogP contribution in [0.3, 0.4) is 0 Å². The highest BCUT2D eigenvalue weighted by Crippen LogP contribution is 2.46. The minimum atomic E-state index is -4.73. The summed E-state index contributed by atoms with van der Waals surface area (Å²) in [5, 5.41) is 0. The average Bonchev–Trinajstić information content (AvgIpc) is 3.11. The average molecular weight is 370 g/mol. The van der Waals surface area contributed by atoms with Crippen molar-refractivity contribution >= 4 is 5.91 Å². The fraction of sp³-hybridized carbons (Fsp3) is 0.632. The smallest absolute Gasteiger partial charge is 0.406 e. The van der Waals surface area contributed by atoms with Gasteiger partial charge in [0.1, 0.15) is 5.75 Å². The molecule has 2 saturated carbocycles. The van der Waals surface area contributed by atoms with Gasteiger partial charge in [-0.15, -0.1) is 13.2 Å². The van der Waals surface area contributed by atoms with E-state index in [9.17, 15) is 18.0 Å². The monoisotopic (exact) mass is 370 g/mol. The van der Waals surface area contributed by atoms with Gasteiger partial charge in [0.2, 0.25) is 0 Å². The van der Waals surface area contributed by atoms with Gasteiger partial charge in [0.15, 0.2) is 0 Å². The normalized spacial score (nSPS) is 28.3. The molecule has 2 fully saturated rings. The predicted molar refractivity (Wildman–Crippen MR) is 91.9 cm³/mol. The number of rotatable bonds is 4. The maximum absolute atomic E-state index is 12.7. The molecule has 0 heterocycles. The van der Waals surface area contributed by atoms with Crippen LogP contribution in [0.25, 0.3) is 0 Å². The van der Waals surface area contributed by atoms with Crippen molar-refractivity contribution in [2.24, 2.45) is 11.8 Å². The summed E-state index contributed by atoms with van der Waals surface area (Å²) < 4.78 is 40.5. The summed E-state index contributed by atoms with van der Waals surface area (Å²) >= 11 is 0. The molecule has 26 heavy (non-hydrogen) atoms. The second-order valence-corrected chi connectivity index (χ2v) is 7.72. The molecule has 144 valence electrons. The van der Waals surface area contributed by atoms with Gasteiger partial charge >= 0.3 is 6.36 Å². The minimum Gasteiger partial charge on any atom is -0.406 e. The fourth-order valence-electron chi connectivity index (χ4n) is 4.46. The second-order valence-electron chi connectivity index (χ2n) is 7.72. The van der Waals surface area contributed by atoms with Gasteiger partial charge in [-0.2, -0.15) is 0 Å². The zero-order chi connectivity index (χ0) is 19.1. The van der Waals surface area contributed by atoms with Crippen LogP contribution in [-0.2, 0) is 0 Å². The van der Waals surface area contributed by atoms with Gasteiger partial charge in [0.25, 0.3) is 5.91 Å². The summed E-state index contributed by atoms with van der Waals surface area (Å²) in [4.78, 5) is 16.7. The molecule has 2 aliphatic rings. The van der Waals surface area contributed by atoms with Gasteiger partial charge in [-0.3, -0.25) is 4.79 Å². The van der Waals surface area contributed by atoms with Crippen molar-refractivity contribution in [2.45, 2.75) is 44.1 Å². The van der Waals surface area contributed by atoms with Crippen molar-refractivity contribution in [1.82, 2.24) is 9.80 Å². The van der Waals surface area contributed by atoms with E-state index < -0.39 is 6.36 Å². The van der Waals surface area contributed by atoms with E-state index in [4.69, 9.17) is 0 Å². The number of hydrogen-bond acceptors (Lipinski definition) is 3. The van der Waals surface area contributed by atoms with Gasteiger partial charge in [0.05, 0.1) is 0 Å². The summed E-state index contributed by atoms with van der Waals surface area (Å²) in [7, 11) is 6.02. The number of amides is 1. The molecule has 0 aromatic heterocycles. The molecule has 4 nitrogen and oxygen atoms in total. The topological polar surface area (TPSA) is 32.8 Å². The van der Waals surface area contributed by atoms with Crippen LogP contribution in [0.5, 0.6) is 5.75 Å². The molecule has 1 aromatic carbocycles. The first kappa shape index (κ1) is 19.0. The van der Waals surface area contributed by atoms with Crippen LogP contribution in [0, 0.1) is 11.8 Å². The number of carbonyl (C=O) groups is 1. The molecular formula is C19H25F3N2O2. The number of hydrogen-bond donors (Lipinski definition) is 0. The largest absolute Gasteiger partial charge is 0.573 e. The van der Waals surface area contributed by atoms with Crippen LogP contribution >= 0.6 is 0 Å². The molecule has 4 atom stereocenters. The first-order chi connectivity index (χ1) is 12.1. The Morgan fingerprint density at radius 1 is 0.962 bits per heavy atom. The number of alkyl halides is 3. The lowest BCUT2D eigenvalue weighted by molar-refractivity contribution is -0.274. The Morgan fingerprint density at radius 2 is 1.46 bits per heavy atom. The highest BCUT2D eigenvalue weighted by atomic mass is 19.4. The lowest BCUT2D eigenvalue weighted by atomic mass is 10.0. The predicted octanol–water partition coefficient (Wildman–Crippen LogP) is 3.78. The number of nitrogens with zero attached hydrogens (tertiary/aromatic N) is 2. The molecule has 1 aromatic rings. The van der Waals surface area contributed by atoms with Crippen molar-refractivity contribution in [3.8, 4) is 5.75 Å². The summed E-state index contributed by atoms with van der Waals surface area (Å²) in [5.41, 5.74) is 0.380. The van der Waals surface area contributed by atoms with Crippen LogP contribution in [-0.4, -0.2) is 55.3 Å². The highest BCUT2D eigenvalue weighted by Gasteiger charge is 2.44. The van der Waals surface area contributed by atoms with Gasteiger partial charge in [-0.05, 0) is 75.9 Å². The van der Waals surface area contributed by atoms with E-state index >= 15 is 0 Å². The van der Waals surface area contributed by atoms with E-state index in [1.54, 1.807) is 11.9 Å². The molecule has 0 saturated heterocycles. The fourth-order valence-corrected chi connectivity index (χ4v) is 4.46. The van der Waals surface area contributed by atoms with Gasteiger partial charge in [0, 0.05) is 24.7 Å². The first-order valence-corrected chi connectivity index (χ1v) is 8.93. The van der Waals surface area contributed by atoms with Crippen LogP contribution in [0.15, 0.2) is 24.3 Å². The van der Waals surface area contributed by atoms with Crippen LogP contribution < -0.4 is 4.74 Å². The van der Waals surface area contributed by atoms with Crippen molar-refractivity contribution < 1.29 is 22.7 Å². The molecule has 0 bridgehead atoms. The summed E-state index contributed by atoms with van der Waals surface area (Å²) in [6.07, 6.45) is -0.354. The number of carbonyl (C=O) groups excluding carboxylic acids is 1. The Kier molecular flexibility index (Phi) is 5.19. The van der Waals surface area contributed by atoms with Gasteiger partial charge in [-0.1, -0.05) is 0 Å². The van der Waals surface area contributed by atoms with E-state index in [1.165, 1.54) is 37.1 Å². The Bertz CT molecular complexity index is 631. The van der Waals surface area contributed by atoms with E-state index in [-0.39, 0.29) is 17.7 Å². The zero-order valence-corrected chi connectivity index (χ0v) is 15.3. The molecule has 0 radical (unpaired) electrons.